The summed E-state index contributed by atoms with van der Waals surface area (Å²) in [4.78, 5) is 0.160. The van der Waals surface area contributed by atoms with Crippen molar-refractivity contribution >= 4 is 10.0 Å². The fourth-order valence-corrected chi connectivity index (χ4v) is 3.74. The smallest absolute Gasteiger partial charge is 0.244 e. The Labute approximate surface area is 114 Å². The Kier molecular flexibility index (Phi) is 4.76. The lowest BCUT2D eigenvalue weighted by molar-refractivity contribution is 0.0436. The fourth-order valence-electron chi connectivity index (χ4n) is 2.21. The average molecular weight is 289 g/mol. The molecule has 0 amide bonds. The molecule has 0 saturated carbocycles. The normalized spacial score (nSPS) is 15.7. The van der Waals surface area contributed by atoms with E-state index < -0.39 is 15.6 Å². The van der Waals surface area contributed by atoms with Gasteiger partial charge in [0.2, 0.25) is 10.0 Å². The number of aromatic nitrogens is 2. The summed E-state index contributed by atoms with van der Waals surface area (Å²) in [7, 11) is -3.65. The first-order valence-electron chi connectivity index (χ1n) is 6.29. The van der Waals surface area contributed by atoms with E-state index in [0.717, 1.165) is 0 Å². The number of H-pyrrole nitrogens is 1. The first-order chi connectivity index (χ1) is 8.55. The van der Waals surface area contributed by atoms with Crippen molar-refractivity contribution in [2.75, 3.05) is 6.54 Å². The quantitative estimate of drug-likeness (QED) is 0.731. The maximum Gasteiger partial charge on any atom is 0.244 e. The van der Waals surface area contributed by atoms with Crippen LogP contribution in [0.15, 0.2) is 4.90 Å². The molecule has 0 bridgehead atoms. The van der Waals surface area contributed by atoms with Crippen LogP contribution >= 0.6 is 0 Å². The molecule has 0 fully saturated rings. The van der Waals surface area contributed by atoms with Gasteiger partial charge >= 0.3 is 0 Å². The molecule has 1 aromatic heterocycles. The summed E-state index contributed by atoms with van der Waals surface area (Å²) >= 11 is 0. The van der Waals surface area contributed by atoms with Gasteiger partial charge in [-0.2, -0.15) is 5.10 Å². The highest BCUT2D eigenvalue weighted by Gasteiger charge is 2.27. The van der Waals surface area contributed by atoms with Gasteiger partial charge in [0.05, 0.1) is 17.0 Å². The second kappa shape index (κ2) is 5.60. The molecule has 0 aliphatic carbocycles. The van der Waals surface area contributed by atoms with Crippen LogP contribution < -0.4 is 4.72 Å². The molecule has 1 atom stereocenters. The van der Waals surface area contributed by atoms with Gasteiger partial charge in [-0.1, -0.05) is 13.8 Å². The van der Waals surface area contributed by atoms with E-state index in [2.05, 4.69) is 14.9 Å². The van der Waals surface area contributed by atoms with Gasteiger partial charge in [-0.3, -0.25) is 5.10 Å². The first kappa shape index (κ1) is 16.1. The van der Waals surface area contributed by atoms with Gasteiger partial charge in [-0.05, 0) is 33.1 Å². The van der Waals surface area contributed by atoms with Crippen LogP contribution in [0.3, 0.4) is 0 Å². The van der Waals surface area contributed by atoms with Crippen molar-refractivity contribution in [3.05, 3.63) is 11.4 Å². The van der Waals surface area contributed by atoms with E-state index in [0.29, 0.717) is 17.8 Å². The summed E-state index contributed by atoms with van der Waals surface area (Å²) in [6.07, 6.45) is 0.527. The zero-order valence-corrected chi connectivity index (χ0v) is 12.9. The Bertz CT molecular complexity index is 513. The van der Waals surface area contributed by atoms with Gasteiger partial charge in [-0.25, -0.2) is 13.1 Å². The molecule has 7 heteroatoms. The standard InChI is InChI=1S/C12H23N3O3S/c1-8(2)6-12(5,16)7-13-19(17,18)11-9(3)14-15-10(11)4/h8,13,16H,6-7H2,1-5H3,(H,14,15). The highest BCUT2D eigenvalue weighted by molar-refractivity contribution is 7.89. The van der Waals surface area contributed by atoms with Crippen molar-refractivity contribution in [2.24, 2.45) is 5.92 Å². The van der Waals surface area contributed by atoms with Crippen molar-refractivity contribution in [3.8, 4) is 0 Å². The van der Waals surface area contributed by atoms with Crippen LogP contribution in [-0.4, -0.2) is 35.9 Å². The zero-order chi connectivity index (χ0) is 14.8. The molecule has 0 aliphatic rings. The van der Waals surface area contributed by atoms with E-state index in [-0.39, 0.29) is 17.4 Å². The van der Waals surface area contributed by atoms with Crippen LogP contribution in [0.2, 0.25) is 0 Å². The van der Waals surface area contributed by atoms with Gasteiger partial charge in [0.15, 0.2) is 0 Å². The molecule has 1 heterocycles. The van der Waals surface area contributed by atoms with Crippen LogP contribution in [0.5, 0.6) is 0 Å². The maximum absolute atomic E-state index is 12.2. The topological polar surface area (TPSA) is 95.1 Å². The second-order valence-electron chi connectivity index (χ2n) is 5.68. The van der Waals surface area contributed by atoms with Crippen LogP contribution in [0.25, 0.3) is 0 Å². The molecule has 3 N–H and O–H groups in total. The predicted octanol–water partition coefficient (Wildman–Crippen LogP) is 1.10. The highest BCUT2D eigenvalue weighted by atomic mass is 32.2. The first-order valence-corrected chi connectivity index (χ1v) is 7.77. The van der Waals surface area contributed by atoms with Crippen molar-refractivity contribution in [3.63, 3.8) is 0 Å². The Hall–Kier alpha value is -0.920. The summed E-state index contributed by atoms with van der Waals surface area (Å²) in [6.45, 7) is 8.86. The Morgan fingerprint density at radius 3 is 2.42 bits per heavy atom. The van der Waals surface area contributed by atoms with Gasteiger partial charge in [0, 0.05) is 6.54 Å². The number of sulfonamides is 1. The van der Waals surface area contributed by atoms with E-state index in [1.54, 1.807) is 20.8 Å². The molecule has 1 aromatic rings. The molecular formula is C12H23N3O3S. The Morgan fingerprint density at radius 2 is 2.00 bits per heavy atom. The lowest BCUT2D eigenvalue weighted by Gasteiger charge is -2.25. The Balaban J connectivity index is 2.83. The van der Waals surface area contributed by atoms with Gasteiger partial charge in [0.25, 0.3) is 0 Å². The van der Waals surface area contributed by atoms with E-state index >= 15 is 0 Å². The van der Waals surface area contributed by atoms with Crippen LogP contribution in [-0.2, 0) is 10.0 Å². The van der Waals surface area contributed by atoms with Crippen molar-refractivity contribution in [1.29, 1.82) is 0 Å². The SMILES string of the molecule is Cc1n[nH]c(C)c1S(=O)(=O)NCC(C)(O)CC(C)C. The lowest BCUT2D eigenvalue weighted by atomic mass is 9.95. The maximum atomic E-state index is 12.2. The van der Waals surface area contributed by atoms with E-state index in [1.165, 1.54) is 0 Å². The highest BCUT2D eigenvalue weighted by Crippen LogP contribution is 2.19. The van der Waals surface area contributed by atoms with Gasteiger partial charge in [-0.15, -0.1) is 0 Å². The van der Waals surface area contributed by atoms with E-state index in [1.807, 2.05) is 13.8 Å². The third kappa shape index (κ3) is 4.29. The monoisotopic (exact) mass is 289 g/mol. The van der Waals surface area contributed by atoms with Crippen molar-refractivity contribution in [1.82, 2.24) is 14.9 Å². The van der Waals surface area contributed by atoms with E-state index in [9.17, 15) is 13.5 Å². The minimum absolute atomic E-state index is 0.0163. The number of aryl methyl sites for hydroxylation is 2. The number of rotatable bonds is 6. The van der Waals surface area contributed by atoms with Crippen LogP contribution in [0.1, 0.15) is 38.6 Å². The number of aliphatic hydroxyl groups is 1. The summed E-state index contributed by atoms with van der Waals surface area (Å²) < 4.78 is 26.8. The molecule has 110 valence electrons. The molecule has 0 aliphatic heterocycles. The molecule has 0 radical (unpaired) electrons. The third-order valence-corrected chi connectivity index (χ3v) is 4.48. The Morgan fingerprint density at radius 1 is 1.42 bits per heavy atom. The van der Waals surface area contributed by atoms with Crippen molar-refractivity contribution in [2.45, 2.75) is 51.5 Å². The number of hydrogen-bond donors (Lipinski definition) is 3. The minimum Gasteiger partial charge on any atom is -0.389 e. The number of aromatic amines is 1. The molecular weight excluding hydrogens is 266 g/mol. The third-order valence-electron chi connectivity index (χ3n) is 2.82. The predicted molar refractivity (Wildman–Crippen MR) is 73.3 cm³/mol. The molecule has 19 heavy (non-hydrogen) atoms. The summed E-state index contributed by atoms with van der Waals surface area (Å²) in [6, 6.07) is 0. The van der Waals surface area contributed by atoms with Crippen LogP contribution in [0.4, 0.5) is 0 Å². The van der Waals surface area contributed by atoms with Gasteiger partial charge < -0.3 is 5.11 Å². The molecule has 0 aromatic carbocycles. The zero-order valence-electron chi connectivity index (χ0n) is 12.1. The van der Waals surface area contributed by atoms with E-state index in [4.69, 9.17) is 0 Å². The summed E-state index contributed by atoms with van der Waals surface area (Å²) in [5.74, 6) is 0.289. The molecule has 1 rings (SSSR count). The fraction of sp³-hybridized carbons (Fsp3) is 0.750. The van der Waals surface area contributed by atoms with Gasteiger partial charge in [0.1, 0.15) is 4.90 Å². The van der Waals surface area contributed by atoms with Crippen LogP contribution in [0, 0.1) is 19.8 Å². The second-order valence-corrected chi connectivity index (χ2v) is 7.39. The minimum atomic E-state index is -3.65. The largest absolute Gasteiger partial charge is 0.389 e. The van der Waals surface area contributed by atoms with Crippen molar-refractivity contribution < 1.29 is 13.5 Å². The molecule has 0 saturated heterocycles. The molecule has 6 nitrogen and oxygen atoms in total. The molecule has 0 spiro atoms. The lowest BCUT2D eigenvalue weighted by Crippen LogP contribution is -2.41. The average Bonchev–Trinajstić information content (AvgIpc) is 2.55. The molecule has 1 unspecified atom stereocenters. The summed E-state index contributed by atoms with van der Waals surface area (Å²) in [5, 5.41) is 16.6. The number of nitrogens with one attached hydrogen (secondary N) is 2. The number of hydrogen-bond acceptors (Lipinski definition) is 4. The summed E-state index contributed by atoms with van der Waals surface area (Å²) in [5.41, 5.74) is -0.144. The number of nitrogens with zero attached hydrogens (tertiary/aromatic N) is 1.